The van der Waals surface area contributed by atoms with Gasteiger partial charge in [-0.3, -0.25) is 9.78 Å². The predicted octanol–water partition coefficient (Wildman–Crippen LogP) is 2.47. The SMILES string of the molecule is COC(=O)Cc1ccc(C(F)F)nc1CCl. The first-order valence-corrected chi connectivity index (χ1v) is 5.01. The van der Waals surface area contributed by atoms with E-state index in [9.17, 15) is 13.6 Å². The van der Waals surface area contributed by atoms with E-state index in [0.717, 1.165) is 0 Å². The van der Waals surface area contributed by atoms with Crippen molar-refractivity contribution in [3.63, 3.8) is 0 Å². The first-order valence-electron chi connectivity index (χ1n) is 4.48. The van der Waals surface area contributed by atoms with Gasteiger partial charge in [0.2, 0.25) is 0 Å². The molecule has 1 aromatic rings. The number of nitrogens with zero attached hydrogens (tertiary/aromatic N) is 1. The molecule has 0 saturated carbocycles. The summed E-state index contributed by atoms with van der Waals surface area (Å²) >= 11 is 5.58. The molecule has 0 aromatic carbocycles. The van der Waals surface area contributed by atoms with Gasteiger partial charge in [0.1, 0.15) is 5.69 Å². The van der Waals surface area contributed by atoms with Gasteiger partial charge in [-0.2, -0.15) is 0 Å². The molecule has 0 aliphatic carbocycles. The minimum Gasteiger partial charge on any atom is -0.469 e. The molecule has 0 spiro atoms. The van der Waals surface area contributed by atoms with E-state index < -0.39 is 12.4 Å². The van der Waals surface area contributed by atoms with Crippen molar-refractivity contribution in [1.29, 1.82) is 0 Å². The minimum absolute atomic E-state index is 0.0188. The van der Waals surface area contributed by atoms with Crippen LogP contribution in [0.4, 0.5) is 8.78 Å². The van der Waals surface area contributed by atoms with Gasteiger partial charge in [-0.25, -0.2) is 8.78 Å². The van der Waals surface area contributed by atoms with Crippen LogP contribution in [-0.4, -0.2) is 18.1 Å². The molecule has 6 heteroatoms. The molecule has 3 nitrogen and oxygen atoms in total. The summed E-state index contributed by atoms with van der Waals surface area (Å²) in [4.78, 5) is 14.7. The van der Waals surface area contributed by atoms with Gasteiger partial charge in [0.15, 0.2) is 0 Å². The highest BCUT2D eigenvalue weighted by atomic mass is 35.5. The van der Waals surface area contributed by atoms with E-state index in [1.54, 1.807) is 0 Å². The number of halogens is 3. The summed E-state index contributed by atoms with van der Waals surface area (Å²) in [5.41, 5.74) is 0.445. The Morgan fingerprint density at radius 2 is 2.25 bits per heavy atom. The number of pyridine rings is 1. The van der Waals surface area contributed by atoms with Crippen molar-refractivity contribution < 1.29 is 18.3 Å². The van der Waals surface area contributed by atoms with Gasteiger partial charge in [-0.05, 0) is 11.6 Å². The molecule has 0 aliphatic heterocycles. The topological polar surface area (TPSA) is 39.2 Å². The maximum absolute atomic E-state index is 12.3. The Bertz CT molecular complexity index is 385. The summed E-state index contributed by atoms with van der Waals surface area (Å²) in [7, 11) is 1.25. The molecule has 0 amide bonds. The molecule has 0 unspecified atom stereocenters. The Morgan fingerprint density at radius 1 is 1.56 bits per heavy atom. The summed E-state index contributed by atoms with van der Waals surface area (Å²) in [6.07, 6.45) is -2.66. The average Bonchev–Trinajstić information content (AvgIpc) is 2.29. The molecule has 1 rings (SSSR count). The van der Waals surface area contributed by atoms with Crippen molar-refractivity contribution in [2.45, 2.75) is 18.7 Å². The fourth-order valence-corrected chi connectivity index (χ4v) is 1.40. The predicted molar refractivity (Wildman–Crippen MR) is 54.5 cm³/mol. The number of alkyl halides is 3. The van der Waals surface area contributed by atoms with Gasteiger partial charge in [-0.15, -0.1) is 11.6 Å². The quantitative estimate of drug-likeness (QED) is 0.608. The van der Waals surface area contributed by atoms with E-state index in [0.29, 0.717) is 5.56 Å². The van der Waals surface area contributed by atoms with Crippen LogP contribution in [0.15, 0.2) is 12.1 Å². The van der Waals surface area contributed by atoms with Gasteiger partial charge < -0.3 is 4.74 Å². The second-order valence-corrected chi connectivity index (χ2v) is 3.30. The maximum atomic E-state index is 12.3. The van der Waals surface area contributed by atoms with Crippen molar-refractivity contribution in [1.82, 2.24) is 4.98 Å². The van der Waals surface area contributed by atoms with Gasteiger partial charge in [0, 0.05) is 0 Å². The van der Waals surface area contributed by atoms with Crippen LogP contribution in [0.3, 0.4) is 0 Å². The Morgan fingerprint density at radius 3 is 2.75 bits per heavy atom. The fourth-order valence-electron chi connectivity index (χ4n) is 1.17. The molecule has 88 valence electrons. The summed E-state index contributed by atoms with van der Waals surface area (Å²) in [6, 6.07) is 2.60. The molecule has 0 radical (unpaired) electrons. The highest BCUT2D eigenvalue weighted by Crippen LogP contribution is 2.19. The zero-order valence-corrected chi connectivity index (χ0v) is 9.30. The molecule has 1 heterocycles. The van der Waals surface area contributed by atoms with E-state index in [1.165, 1.54) is 19.2 Å². The number of aromatic nitrogens is 1. The van der Waals surface area contributed by atoms with Crippen LogP contribution >= 0.6 is 11.6 Å². The molecule has 0 N–H and O–H groups in total. The fraction of sp³-hybridized carbons (Fsp3) is 0.400. The van der Waals surface area contributed by atoms with Crippen molar-refractivity contribution in [2.75, 3.05) is 7.11 Å². The average molecular weight is 250 g/mol. The normalized spacial score (nSPS) is 10.6. The van der Waals surface area contributed by atoms with Crippen molar-refractivity contribution in [3.05, 3.63) is 29.1 Å². The van der Waals surface area contributed by atoms with Crippen molar-refractivity contribution >= 4 is 17.6 Å². The van der Waals surface area contributed by atoms with Crippen molar-refractivity contribution in [3.8, 4) is 0 Å². The zero-order valence-electron chi connectivity index (χ0n) is 8.54. The van der Waals surface area contributed by atoms with E-state index in [-0.39, 0.29) is 23.7 Å². The lowest BCUT2D eigenvalue weighted by molar-refractivity contribution is -0.139. The van der Waals surface area contributed by atoms with Crippen LogP contribution in [0.1, 0.15) is 23.4 Å². The Balaban J connectivity index is 2.97. The lowest BCUT2D eigenvalue weighted by Crippen LogP contribution is -2.08. The molecular weight excluding hydrogens is 240 g/mol. The highest BCUT2D eigenvalue weighted by molar-refractivity contribution is 6.17. The number of esters is 1. The zero-order chi connectivity index (χ0) is 12.1. The molecule has 1 aromatic heterocycles. The molecule has 0 atom stereocenters. The van der Waals surface area contributed by atoms with Crippen LogP contribution in [0.5, 0.6) is 0 Å². The molecule has 16 heavy (non-hydrogen) atoms. The van der Waals surface area contributed by atoms with E-state index in [2.05, 4.69) is 9.72 Å². The smallest absolute Gasteiger partial charge is 0.310 e. The molecule has 0 fully saturated rings. The number of methoxy groups -OCH3 is 1. The molecule has 0 bridgehead atoms. The van der Waals surface area contributed by atoms with E-state index >= 15 is 0 Å². The molecule has 0 aliphatic rings. The highest BCUT2D eigenvalue weighted by Gasteiger charge is 2.14. The van der Waals surface area contributed by atoms with Crippen LogP contribution in [0.2, 0.25) is 0 Å². The third-order valence-electron chi connectivity index (χ3n) is 2.00. The minimum atomic E-state index is -2.64. The number of ether oxygens (including phenoxy) is 1. The summed E-state index contributed by atoms with van der Waals surface area (Å²) in [5.74, 6) is -0.481. The lowest BCUT2D eigenvalue weighted by Gasteiger charge is -2.07. The number of hydrogen-bond donors (Lipinski definition) is 0. The first kappa shape index (κ1) is 12.8. The number of hydrogen-bond acceptors (Lipinski definition) is 3. The third kappa shape index (κ3) is 3.13. The number of carbonyl (C=O) groups is 1. The summed E-state index contributed by atoms with van der Waals surface area (Å²) in [6.45, 7) is 0. The third-order valence-corrected chi connectivity index (χ3v) is 2.26. The second kappa shape index (κ2) is 5.75. The van der Waals surface area contributed by atoms with Crippen molar-refractivity contribution in [2.24, 2.45) is 0 Å². The Hall–Kier alpha value is -1.23. The summed E-state index contributed by atoms with van der Waals surface area (Å²) in [5, 5.41) is 0. The standard InChI is InChI=1S/C10H10ClF2NO2/c1-16-9(15)4-6-2-3-7(10(12)13)14-8(6)5-11/h2-3,10H,4-5H2,1H3. The maximum Gasteiger partial charge on any atom is 0.310 e. The van der Waals surface area contributed by atoms with Gasteiger partial charge in [0.25, 0.3) is 6.43 Å². The number of rotatable bonds is 4. The van der Waals surface area contributed by atoms with Crippen LogP contribution in [0.25, 0.3) is 0 Å². The van der Waals surface area contributed by atoms with Gasteiger partial charge >= 0.3 is 5.97 Å². The Labute approximate surface area is 96.4 Å². The molecule has 0 saturated heterocycles. The lowest BCUT2D eigenvalue weighted by atomic mass is 10.1. The monoisotopic (exact) mass is 249 g/mol. The van der Waals surface area contributed by atoms with E-state index in [4.69, 9.17) is 11.6 Å². The van der Waals surface area contributed by atoms with Crippen LogP contribution in [0, 0.1) is 0 Å². The first-order chi connectivity index (χ1) is 7.58. The van der Waals surface area contributed by atoms with E-state index in [1.807, 2.05) is 0 Å². The van der Waals surface area contributed by atoms with Crippen LogP contribution < -0.4 is 0 Å². The van der Waals surface area contributed by atoms with Crippen LogP contribution in [-0.2, 0) is 21.8 Å². The Kier molecular flexibility index (Phi) is 4.61. The number of carbonyl (C=O) groups excluding carboxylic acids is 1. The second-order valence-electron chi connectivity index (χ2n) is 3.03. The van der Waals surface area contributed by atoms with Gasteiger partial charge in [0.05, 0.1) is 25.1 Å². The largest absolute Gasteiger partial charge is 0.469 e. The molecular formula is C10H10ClF2NO2. The van der Waals surface area contributed by atoms with Gasteiger partial charge in [-0.1, -0.05) is 6.07 Å². The summed E-state index contributed by atoms with van der Waals surface area (Å²) < 4.78 is 29.2.